The predicted molar refractivity (Wildman–Crippen MR) is 137 cm³/mol. The number of carbonyl (C=O) groups excluding carboxylic acids is 2. The molecule has 0 spiro atoms. The van der Waals surface area contributed by atoms with Gasteiger partial charge < -0.3 is 29.0 Å². The molecule has 0 bridgehead atoms. The van der Waals surface area contributed by atoms with E-state index in [0.29, 0.717) is 23.0 Å². The number of furan rings is 1. The van der Waals surface area contributed by atoms with Crippen LogP contribution in [0.3, 0.4) is 0 Å². The molecule has 1 aromatic heterocycles. The second kappa shape index (κ2) is 11.7. The number of carbonyl (C=O) groups is 2. The van der Waals surface area contributed by atoms with E-state index in [2.05, 4.69) is 5.32 Å². The van der Waals surface area contributed by atoms with Crippen LogP contribution in [-0.2, 0) is 24.1 Å². The minimum Gasteiger partial charge on any atom is -0.464 e. The van der Waals surface area contributed by atoms with E-state index in [1.807, 2.05) is 26.8 Å². The van der Waals surface area contributed by atoms with Crippen molar-refractivity contribution in [1.82, 2.24) is 9.80 Å². The number of rotatable bonds is 9. The Labute approximate surface area is 224 Å². The molecule has 2 heterocycles. The number of nitrogens with one attached hydrogen (secondary N) is 1. The third kappa shape index (κ3) is 7.46. The number of anilines is 1. The molecule has 11 heteroatoms. The van der Waals surface area contributed by atoms with Gasteiger partial charge in [0.05, 0.1) is 12.1 Å². The van der Waals surface area contributed by atoms with Gasteiger partial charge in [-0.15, -0.1) is 0 Å². The lowest BCUT2D eigenvalue weighted by Crippen LogP contribution is -2.45. The second-order valence-corrected chi connectivity index (χ2v) is 9.73. The van der Waals surface area contributed by atoms with E-state index in [4.69, 9.17) is 13.9 Å². The largest absolute Gasteiger partial charge is 0.464 e. The van der Waals surface area contributed by atoms with Crippen molar-refractivity contribution in [2.75, 3.05) is 25.2 Å². The fraction of sp³-hybridized carbons (Fsp3) is 0.357. The number of nitrogens with zero attached hydrogens (tertiary/aromatic N) is 2. The Balaban J connectivity index is 1.50. The Kier molecular flexibility index (Phi) is 8.37. The molecular weight excluding hydrogens is 515 g/mol. The fourth-order valence-electron chi connectivity index (χ4n) is 4.12. The van der Waals surface area contributed by atoms with Gasteiger partial charge in [-0.05, 0) is 66.9 Å². The lowest BCUT2D eigenvalue weighted by molar-refractivity contribution is -0.137. The Hall–Kier alpha value is -4.15. The van der Waals surface area contributed by atoms with Crippen molar-refractivity contribution in [3.63, 3.8) is 0 Å². The van der Waals surface area contributed by atoms with Gasteiger partial charge in [0.2, 0.25) is 12.7 Å². The maximum atomic E-state index is 13.6. The summed E-state index contributed by atoms with van der Waals surface area (Å²) in [6, 6.07) is 12.6. The fourth-order valence-corrected chi connectivity index (χ4v) is 4.12. The zero-order chi connectivity index (χ0) is 28.2. The van der Waals surface area contributed by atoms with Crippen LogP contribution in [0.5, 0.6) is 11.5 Å². The van der Waals surface area contributed by atoms with Crippen LogP contribution in [0.1, 0.15) is 36.5 Å². The van der Waals surface area contributed by atoms with Crippen LogP contribution in [0.2, 0.25) is 0 Å². The van der Waals surface area contributed by atoms with Crippen molar-refractivity contribution in [3.05, 3.63) is 77.2 Å². The van der Waals surface area contributed by atoms with Crippen molar-refractivity contribution in [3.8, 4) is 11.5 Å². The Bertz CT molecular complexity index is 1300. The molecule has 4 rings (SSSR count). The number of ether oxygens (including phenoxy) is 2. The summed E-state index contributed by atoms with van der Waals surface area (Å²) in [5.74, 6) is 2.22. The molecule has 0 radical (unpaired) electrons. The first kappa shape index (κ1) is 27.9. The average molecular weight is 546 g/mol. The maximum Gasteiger partial charge on any atom is 0.416 e. The Morgan fingerprint density at radius 1 is 0.949 bits per heavy atom. The van der Waals surface area contributed by atoms with E-state index in [9.17, 15) is 22.8 Å². The van der Waals surface area contributed by atoms with Gasteiger partial charge in [-0.2, -0.15) is 13.2 Å². The van der Waals surface area contributed by atoms with Gasteiger partial charge in [0.15, 0.2) is 11.5 Å². The number of halogens is 3. The lowest BCUT2D eigenvalue weighted by atomic mass is 10.1. The number of benzene rings is 2. The molecule has 1 N–H and O–H groups in total. The van der Waals surface area contributed by atoms with E-state index in [1.165, 1.54) is 17.0 Å². The molecule has 0 saturated carbocycles. The monoisotopic (exact) mass is 545 g/mol. The summed E-state index contributed by atoms with van der Waals surface area (Å²) < 4.78 is 55.2. The summed E-state index contributed by atoms with van der Waals surface area (Å²) >= 11 is 0. The van der Waals surface area contributed by atoms with Crippen molar-refractivity contribution in [1.29, 1.82) is 0 Å². The Morgan fingerprint density at radius 3 is 2.31 bits per heavy atom. The van der Waals surface area contributed by atoms with Crippen LogP contribution in [0.4, 0.5) is 23.7 Å². The van der Waals surface area contributed by atoms with Crippen molar-refractivity contribution in [2.24, 2.45) is 5.92 Å². The summed E-state index contributed by atoms with van der Waals surface area (Å²) in [5, 5.41) is 2.60. The minimum atomic E-state index is -4.48. The highest BCUT2D eigenvalue weighted by Crippen LogP contribution is 2.33. The topological polar surface area (TPSA) is 84.2 Å². The third-order valence-electron chi connectivity index (χ3n) is 5.97. The average Bonchev–Trinajstić information content (AvgIpc) is 3.50. The number of aryl methyl sites for hydroxylation is 1. The van der Waals surface area contributed by atoms with Crippen molar-refractivity contribution < 1.29 is 36.7 Å². The number of amides is 3. The van der Waals surface area contributed by atoms with Crippen molar-refractivity contribution >= 4 is 17.6 Å². The van der Waals surface area contributed by atoms with E-state index in [-0.39, 0.29) is 50.5 Å². The molecule has 0 aliphatic carbocycles. The highest BCUT2D eigenvalue weighted by atomic mass is 19.4. The summed E-state index contributed by atoms with van der Waals surface area (Å²) in [6.07, 6.45) is -4.48. The van der Waals surface area contributed by atoms with Gasteiger partial charge >= 0.3 is 12.2 Å². The lowest BCUT2D eigenvalue weighted by Gasteiger charge is -2.28. The first-order valence-corrected chi connectivity index (χ1v) is 12.4. The van der Waals surface area contributed by atoms with E-state index < -0.39 is 17.8 Å². The molecule has 39 heavy (non-hydrogen) atoms. The zero-order valence-electron chi connectivity index (χ0n) is 21.9. The predicted octanol–water partition coefficient (Wildman–Crippen LogP) is 6.05. The van der Waals surface area contributed by atoms with Gasteiger partial charge in [0.25, 0.3) is 0 Å². The van der Waals surface area contributed by atoms with Crippen molar-refractivity contribution in [2.45, 2.75) is 40.0 Å². The molecule has 3 aromatic rings. The molecule has 0 atom stereocenters. The SMILES string of the molecule is Cc1ccc(CN(Cc2ccc3c(c2)OCO3)C(=O)CN(CC(C)C)C(=O)Nc2ccc(C(F)(F)F)cc2)o1. The van der Waals surface area contributed by atoms with Crippen LogP contribution >= 0.6 is 0 Å². The highest BCUT2D eigenvalue weighted by molar-refractivity contribution is 5.92. The standard InChI is InChI=1S/C28H30F3N3O5/c1-18(2)13-34(27(36)32-22-8-6-21(7-9-22)28(29,30)31)16-26(35)33(15-23-10-4-19(3)39-23)14-20-5-11-24-25(12-20)38-17-37-24/h4-12,18H,13-17H2,1-3H3,(H,32,36). The molecule has 208 valence electrons. The normalized spacial score (nSPS) is 12.5. The minimum absolute atomic E-state index is 0.0335. The molecule has 0 fully saturated rings. The van der Waals surface area contributed by atoms with Crippen LogP contribution in [0.25, 0.3) is 0 Å². The first-order chi connectivity index (χ1) is 18.5. The molecule has 8 nitrogen and oxygen atoms in total. The van der Waals surface area contributed by atoms with Gasteiger partial charge in [0, 0.05) is 18.8 Å². The molecule has 2 aromatic carbocycles. The maximum absolute atomic E-state index is 13.6. The number of hydrogen-bond donors (Lipinski definition) is 1. The van der Waals surface area contributed by atoms with E-state index in [1.54, 1.807) is 29.2 Å². The summed E-state index contributed by atoms with van der Waals surface area (Å²) in [5.41, 5.74) is 0.181. The van der Waals surface area contributed by atoms with Gasteiger partial charge in [0.1, 0.15) is 18.1 Å². The molecule has 0 saturated heterocycles. The first-order valence-electron chi connectivity index (χ1n) is 12.4. The van der Waals surface area contributed by atoms with Crippen LogP contribution in [0, 0.1) is 12.8 Å². The number of hydrogen-bond acceptors (Lipinski definition) is 5. The molecule has 0 unspecified atom stereocenters. The molecule has 3 amide bonds. The quantitative estimate of drug-likeness (QED) is 0.354. The number of alkyl halides is 3. The third-order valence-corrected chi connectivity index (χ3v) is 5.97. The highest BCUT2D eigenvalue weighted by Gasteiger charge is 2.30. The number of fused-ring (bicyclic) bond motifs is 1. The van der Waals surface area contributed by atoms with E-state index >= 15 is 0 Å². The second-order valence-electron chi connectivity index (χ2n) is 9.73. The van der Waals surface area contributed by atoms with Crippen LogP contribution in [0.15, 0.2) is 59.0 Å². The number of urea groups is 1. The molecule has 1 aliphatic heterocycles. The van der Waals surface area contributed by atoms with Gasteiger partial charge in [-0.1, -0.05) is 19.9 Å². The summed E-state index contributed by atoms with van der Waals surface area (Å²) in [7, 11) is 0. The summed E-state index contributed by atoms with van der Waals surface area (Å²) in [6.45, 7) is 6.17. The van der Waals surface area contributed by atoms with Gasteiger partial charge in [-0.25, -0.2) is 4.79 Å². The zero-order valence-corrected chi connectivity index (χ0v) is 21.9. The summed E-state index contributed by atoms with van der Waals surface area (Å²) in [4.78, 5) is 29.6. The van der Waals surface area contributed by atoms with E-state index in [0.717, 1.165) is 17.7 Å². The molecular formula is C28H30F3N3O5. The smallest absolute Gasteiger partial charge is 0.416 e. The Morgan fingerprint density at radius 2 is 1.67 bits per heavy atom. The van der Waals surface area contributed by atoms with Gasteiger partial charge in [-0.3, -0.25) is 4.79 Å². The van der Waals surface area contributed by atoms with Crippen LogP contribution < -0.4 is 14.8 Å². The molecule has 1 aliphatic rings. The van der Waals surface area contributed by atoms with Crippen LogP contribution in [-0.4, -0.2) is 41.6 Å².